The average molecular weight is 243 g/mol. The number of fused-ring (bicyclic) bond motifs is 1. The summed E-state index contributed by atoms with van der Waals surface area (Å²) in [4.78, 5) is 0. The second-order valence-electron chi connectivity index (χ2n) is 4.62. The Labute approximate surface area is 107 Å². The minimum absolute atomic E-state index is 0.826. The van der Waals surface area contributed by atoms with Crippen LogP contribution in [0.4, 0.5) is 5.69 Å². The van der Waals surface area contributed by atoms with E-state index >= 15 is 0 Å². The van der Waals surface area contributed by atoms with Gasteiger partial charge in [-0.25, -0.2) is 0 Å². The number of rotatable bonds is 4. The van der Waals surface area contributed by atoms with E-state index in [9.17, 15) is 0 Å². The molecule has 0 saturated carbocycles. The molecule has 0 bridgehead atoms. The highest BCUT2D eigenvalue weighted by atomic mass is 16.5. The van der Waals surface area contributed by atoms with Gasteiger partial charge < -0.3 is 10.1 Å². The normalized spacial score (nSPS) is 13.2. The maximum Gasteiger partial charge on any atom is 0.122 e. The predicted octanol–water partition coefficient (Wildman–Crippen LogP) is 2.01. The molecular formula is C14H17N3O. The third-order valence-electron chi connectivity index (χ3n) is 3.20. The number of benzene rings is 1. The zero-order valence-corrected chi connectivity index (χ0v) is 10.5. The molecule has 2 aromatic rings. The number of hydrogen-bond donors (Lipinski definition) is 1. The first-order chi connectivity index (χ1) is 8.81. The lowest BCUT2D eigenvalue weighted by molar-refractivity contribution is 0.357. The summed E-state index contributed by atoms with van der Waals surface area (Å²) in [5.74, 6) is 1.05. The monoisotopic (exact) mass is 243 g/mol. The SMILES string of the molecule is Cn1cc(NCCc2ccc3c(c2)CCO3)cn1. The lowest BCUT2D eigenvalue weighted by Gasteiger charge is -2.05. The van der Waals surface area contributed by atoms with Crippen molar-refractivity contribution in [3.63, 3.8) is 0 Å². The van der Waals surface area contributed by atoms with Crippen molar-refractivity contribution in [1.82, 2.24) is 9.78 Å². The molecule has 1 N–H and O–H groups in total. The maximum absolute atomic E-state index is 5.50. The van der Waals surface area contributed by atoms with Crippen LogP contribution < -0.4 is 10.1 Å². The summed E-state index contributed by atoms with van der Waals surface area (Å²) in [5.41, 5.74) is 3.77. The van der Waals surface area contributed by atoms with Crippen molar-refractivity contribution in [1.29, 1.82) is 0 Å². The van der Waals surface area contributed by atoms with Crippen LogP contribution in [0.2, 0.25) is 0 Å². The van der Waals surface area contributed by atoms with Crippen LogP contribution >= 0.6 is 0 Å². The molecule has 1 aromatic heterocycles. The van der Waals surface area contributed by atoms with Crippen molar-refractivity contribution in [3.8, 4) is 5.75 Å². The molecule has 1 aliphatic heterocycles. The van der Waals surface area contributed by atoms with Gasteiger partial charge in [0.1, 0.15) is 5.75 Å². The topological polar surface area (TPSA) is 39.1 Å². The Hall–Kier alpha value is -1.97. The summed E-state index contributed by atoms with van der Waals surface area (Å²) in [7, 11) is 1.92. The van der Waals surface area contributed by atoms with Crippen molar-refractivity contribution < 1.29 is 4.74 Å². The largest absolute Gasteiger partial charge is 0.493 e. The second-order valence-corrected chi connectivity index (χ2v) is 4.62. The Balaban J connectivity index is 1.57. The van der Waals surface area contributed by atoms with Gasteiger partial charge in [-0.2, -0.15) is 5.10 Å². The molecule has 4 nitrogen and oxygen atoms in total. The third-order valence-corrected chi connectivity index (χ3v) is 3.20. The van der Waals surface area contributed by atoms with E-state index in [1.807, 2.05) is 19.4 Å². The Bertz CT molecular complexity index is 548. The number of hydrogen-bond acceptors (Lipinski definition) is 3. The van der Waals surface area contributed by atoms with Crippen LogP contribution in [0.25, 0.3) is 0 Å². The highest BCUT2D eigenvalue weighted by molar-refractivity contribution is 5.41. The molecule has 4 heteroatoms. The summed E-state index contributed by atoms with van der Waals surface area (Å²) in [5, 5.41) is 7.49. The van der Waals surface area contributed by atoms with Crippen molar-refractivity contribution in [3.05, 3.63) is 41.7 Å². The molecule has 0 unspecified atom stereocenters. The van der Waals surface area contributed by atoms with Gasteiger partial charge in [0.05, 0.1) is 18.5 Å². The number of nitrogens with one attached hydrogen (secondary N) is 1. The van der Waals surface area contributed by atoms with Gasteiger partial charge in [-0.1, -0.05) is 12.1 Å². The van der Waals surface area contributed by atoms with E-state index in [1.165, 1.54) is 11.1 Å². The summed E-state index contributed by atoms with van der Waals surface area (Å²) in [6.07, 6.45) is 5.88. The van der Waals surface area contributed by atoms with Crippen LogP contribution in [0, 0.1) is 0 Å². The van der Waals surface area contributed by atoms with Crippen LogP contribution in [-0.2, 0) is 19.9 Å². The van der Waals surface area contributed by atoms with Crippen LogP contribution in [0.15, 0.2) is 30.6 Å². The molecular weight excluding hydrogens is 226 g/mol. The molecule has 0 aliphatic carbocycles. The van der Waals surface area contributed by atoms with Gasteiger partial charge in [0.25, 0.3) is 0 Å². The van der Waals surface area contributed by atoms with Gasteiger partial charge in [0.15, 0.2) is 0 Å². The molecule has 18 heavy (non-hydrogen) atoms. The van der Waals surface area contributed by atoms with Crippen LogP contribution in [0.1, 0.15) is 11.1 Å². The van der Waals surface area contributed by atoms with E-state index in [0.717, 1.165) is 37.4 Å². The van der Waals surface area contributed by atoms with Gasteiger partial charge in [0, 0.05) is 26.2 Å². The van der Waals surface area contributed by atoms with Gasteiger partial charge >= 0.3 is 0 Å². The Morgan fingerprint density at radius 2 is 2.39 bits per heavy atom. The quantitative estimate of drug-likeness (QED) is 0.892. The molecule has 0 fully saturated rings. The van der Waals surface area contributed by atoms with Gasteiger partial charge in [0.2, 0.25) is 0 Å². The van der Waals surface area contributed by atoms with E-state index in [-0.39, 0.29) is 0 Å². The fraction of sp³-hybridized carbons (Fsp3) is 0.357. The summed E-state index contributed by atoms with van der Waals surface area (Å²) < 4.78 is 7.30. The molecule has 0 saturated heterocycles. The summed E-state index contributed by atoms with van der Waals surface area (Å²) in [6, 6.07) is 6.49. The minimum atomic E-state index is 0.826. The fourth-order valence-corrected chi connectivity index (χ4v) is 2.26. The van der Waals surface area contributed by atoms with E-state index in [2.05, 4.69) is 28.6 Å². The van der Waals surface area contributed by atoms with Crippen LogP contribution in [0.3, 0.4) is 0 Å². The molecule has 0 radical (unpaired) electrons. The Kier molecular flexibility index (Phi) is 2.92. The molecule has 0 amide bonds. The minimum Gasteiger partial charge on any atom is -0.493 e. The zero-order chi connectivity index (χ0) is 12.4. The molecule has 94 valence electrons. The van der Waals surface area contributed by atoms with E-state index in [0.29, 0.717) is 0 Å². The first-order valence-electron chi connectivity index (χ1n) is 6.28. The molecule has 0 spiro atoms. The highest BCUT2D eigenvalue weighted by Crippen LogP contribution is 2.25. The summed E-state index contributed by atoms with van der Waals surface area (Å²) >= 11 is 0. The highest BCUT2D eigenvalue weighted by Gasteiger charge is 2.11. The van der Waals surface area contributed by atoms with Crippen LogP contribution in [-0.4, -0.2) is 22.9 Å². The van der Waals surface area contributed by atoms with Gasteiger partial charge in [-0.3, -0.25) is 4.68 Å². The second kappa shape index (κ2) is 4.72. The molecule has 3 rings (SSSR count). The lowest BCUT2D eigenvalue weighted by atomic mass is 10.1. The molecule has 1 aliphatic rings. The van der Waals surface area contributed by atoms with Crippen molar-refractivity contribution in [2.24, 2.45) is 7.05 Å². The third kappa shape index (κ3) is 2.32. The molecule has 1 aromatic carbocycles. The van der Waals surface area contributed by atoms with Crippen LogP contribution in [0.5, 0.6) is 5.75 Å². The number of ether oxygens (including phenoxy) is 1. The average Bonchev–Trinajstić information content (AvgIpc) is 2.97. The molecule has 2 heterocycles. The van der Waals surface area contributed by atoms with Crippen molar-refractivity contribution in [2.75, 3.05) is 18.5 Å². The fourth-order valence-electron chi connectivity index (χ4n) is 2.26. The molecule has 0 atom stereocenters. The number of anilines is 1. The first kappa shape index (κ1) is 11.1. The zero-order valence-electron chi connectivity index (χ0n) is 10.5. The Morgan fingerprint density at radius 1 is 1.44 bits per heavy atom. The van der Waals surface area contributed by atoms with Gasteiger partial charge in [-0.05, 0) is 23.6 Å². The van der Waals surface area contributed by atoms with E-state index in [1.54, 1.807) is 4.68 Å². The standard InChI is InChI=1S/C14H17N3O/c1-17-10-13(9-16-17)15-6-4-11-2-3-14-12(8-11)5-7-18-14/h2-3,8-10,15H,4-7H2,1H3. The lowest BCUT2D eigenvalue weighted by Crippen LogP contribution is -2.04. The summed E-state index contributed by atoms with van der Waals surface area (Å²) in [6.45, 7) is 1.75. The number of aromatic nitrogens is 2. The smallest absolute Gasteiger partial charge is 0.122 e. The van der Waals surface area contributed by atoms with E-state index < -0.39 is 0 Å². The van der Waals surface area contributed by atoms with Crippen molar-refractivity contribution in [2.45, 2.75) is 12.8 Å². The number of nitrogens with zero attached hydrogens (tertiary/aromatic N) is 2. The van der Waals surface area contributed by atoms with Gasteiger partial charge in [-0.15, -0.1) is 0 Å². The Morgan fingerprint density at radius 3 is 3.22 bits per heavy atom. The van der Waals surface area contributed by atoms with E-state index in [4.69, 9.17) is 4.74 Å². The number of aryl methyl sites for hydroxylation is 1. The maximum atomic E-state index is 5.50. The first-order valence-corrected chi connectivity index (χ1v) is 6.28. The van der Waals surface area contributed by atoms with Crippen molar-refractivity contribution >= 4 is 5.69 Å². The predicted molar refractivity (Wildman–Crippen MR) is 71.0 cm³/mol.